The Kier molecular flexibility index (Phi) is 5.65. The lowest BCUT2D eigenvalue weighted by Crippen LogP contribution is -2.37. The third-order valence-electron chi connectivity index (χ3n) is 3.03. The van der Waals surface area contributed by atoms with E-state index in [2.05, 4.69) is 0 Å². The van der Waals surface area contributed by atoms with Crippen LogP contribution in [0, 0.1) is 10.8 Å². The largest absolute Gasteiger partial charge is 0.465 e. The summed E-state index contributed by atoms with van der Waals surface area (Å²) in [6.07, 6.45) is 2.25. The van der Waals surface area contributed by atoms with E-state index in [0.29, 0.717) is 6.42 Å². The number of amidine groups is 1. The van der Waals surface area contributed by atoms with E-state index in [1.54, 1.807) is 6.92 Å². The van der Waals surface area contributed by atoms with Gasteiger partial charge in [0, 0.05) is 6.42 Å². The van der Waals surface area contributed by atoms with E-state index >= 15 is 0 Å². The Hall–Kier alpha value is -1.24. The van der Waals surface area contributed by atoms with Crippen molar-refractivity contribution in [3.63, 3.8) is 0 Å². The highest BCUT2D eigenvalue weighted by molar-refractivity contribution is 8.14. The van der Waals surface area contributed by atoms with Crippen molar-refractivity contribution < 1.29 is 19.1 Å². The molecule has 0 radical (unpaired) electrons. The van der Waals surface area contributed by atoms with E-state index in [-0.39, 0.29) is 18.2 Å². The number of nitrogens with two attached hydrogens (primary N) is 1. The molecule has 0 bridgehead atoms. The summed E-state index contributed by atoms with van der Waals surface area (Å²) in [6, 6.07) is 0. The number of carbonyl (C=O) groups is 2. The van der Waals surface area contributed by atoms with E-state index in [1.165, 1.54) is 0 Å². The maximum Gasteiger partial charge on any atom is 0.324 e. The van der Waals surface area contributed by atoms with Gasteiger partial charge in [-0.05, 0) is 25.1 Å². The number of ether oxygens (including phenoxy) is 2. The van der Waals surface area contributed by atoms with Gasteiger partial charge < -0.3 is 15.2 Å². The maximum absolute atomic E-state index is 12.1. The Morgan fingerprint density at radius 2 is 2.32 bits per heavy atom. The average Bonchev–Trinajstić information content (AvgIpc) is 2.63. The Labute approximate surface area is 116 Å². The fraction of sp³-hybridized carbons (Fsp3) is 0.750. The number of hydrogen-bond acceptors (Lipinski definition) is 6. The molecule has 1 rings (SSSR count). The molecular weight excluding hydrogens is 268 g/mol. The van der Waals surface area contributed by atoms with Crippen molar-refractivity contribution >= 4 is 28.9 Å². The van der Waals surface area contributed by atoms with Crippen LogP contribution in [0.1, 0.15) is 39.5 Å². The molecule has 1 saturated heterocycles. The Morgan fingerprint density at radius 1 is 1.63 bits per heavy atom. The molecule has 0 aromatic heterocycles. The van der Waals surface area contributed by atoms with Crippen LogP contribution >= 0.6 is 11.8 Å². The van der Waals surface area contributed by atoms with E-state index in [4.69, 9.17) is 20.6 Å². The Bertz CT molecular complexity index is 375. The van der Waals surface area contributed by atoms with Gasteiger partial charge in [-0.1, -0.05) is 19.8 Å². The van der Waals surface area contributed by atoms with Crippen molar-refractivity contribution in [2.45, 2.75) is 45.0 Å². The molecule has 0 aromatic carbocycles. The molecule has 3 N–H and O–H groups in total. The Morgan fingerprint density at radius 3 is 2.84 bits per heavy atom. The van der Waals surface area contributed by atoms with Crippen molar-refractivity contribution in [3.8, 4) is 0 Å². The van der Waals surface area contributed by atoms with Crippen LogP contribution in [0.15, 0.2) is 0 Å². The molecule has 0 saturated carbocycles. The van der Waals surface area contributed by atoms with E-state index in [1.807, 2.05) is 6.92 Å². The summed E-state index contributed by atoms with van der Waals surface area (Å²) in [7, 11) is 0. The quantitative estimate of drug-likeness (QED) is 0.333. The first-order chi connectivity index (χ1) is 8.96. The summed E-state index contributed by atoms with van der Waals surface area (Å²) in [5.74, 6) is -1.08. The van der Waals surface area contributed by atoms with Gasteiger partial charge in [-0.2, -0.15) is 0 Å². The van der Waals surface area contributed by atoms with Crippen LogP contribution < -0.4 is 5.73 Å². The van der Waals surface area contributed by atoms with Crippen molar-refractivity contribution in [3.05, 3.63) is 0 Å². The first kappa shape index (κ1) is 15.8. The van der Waals surface area contributed by atoms with Crippen LogP contribution in [0.4, 0.5) is 0 Å². The number of cyclic esters (lactones) is 1. The summed E-state index contributed by atoms with van der Waals surface area (Å²) in [5, 5.41) is 7.08. The van der Waals surface area contributed by atoms with Crippen molar-refractivity contribution in [2.75, 3.05) is 6.61 Å². The van der Waals surface area contributed by atoms with E-state index in [0.717, 1.165) is 24.6 Å². The molecule has 2 atom stereocenters. The first-order valence-electron chi connectivity index (χ1n) is 6.35. The normalized spacial score (nSPS) is 26.0. The average molecular weight is 288 g/mol. The molecule has 0 aliphatic carbocycles. The Balaban J connectivity index is 2.87. The van der Waals surface area contributed by atoms with E-state index < -0.39 is 22.8 Å². The monoisotopic (exact) mass is 288 g/mol. The molecule has 0 spiro atoms. The number of unbranched alkanes of at least 4 members (excludes halogenated alkanes) is 1. The summed E-state index contributed by atoms with van der Waals surface area (Å²) >= 11 is 0.947. The van der Waals surface area contributed by atoms with Gasteiger partial charge in [-0.3, -0.25) is 15.0 Å². The summed E-state index contributed by atoms with van der Waals surface area (Å²) in [4.78, 5) is 24.2. The number of rotatable bonds is 6. The van der Waals surface area contributed by atoms with Gasteiger partial charge >= 0.3 is 11.9 Å². The molecule has 108 valence electrons. The zero-order chi connectivity index (χ0) is 14.5. The first-order valence-corrected chi connectivity index (χ1v) is 7.23. The zero-order valence-corrected chi connectivity index (χ0v) is 12.0. The number of esters is 2. The number of nitrogens with one attached hydrogen (secondary N) is 1. The molecule has 19 heavy (non-hydrogen) atoms. The van der Waals surface area contributed by atoms with Gasteiger partial charge in [0.25, 0.3) is 0 Å². The molecule has 7 heteroatoms. The minimum Gasteiger partial charge on any atom is -0.465 e. The SMILES string of the molecule is CCCC[C@]1(C(=O)OCC)C[C@@H](SC(=N)N)OC1=O. The molecule has 0 amide bonds. The zero-order valence-electron chi connectivity index (χ0n) is 11.2. The van der Waals surface area contributed by atoms with Gasteiger partial charge in [-0.15, -0.1) is 0 Å². The molecule has 6 nitrogen and oxygen atoms in total. The van der Waals surface area contributed by atoms with Crippen LogP contribution in [0.3, 0.4) is 0 Å². The minimum absolute atomic E-state index is 0.132. The van der Waals surface area contributed by atoms with Crippen LogP contribution in [0.5, 0.6) is 0 Å². The third kappa shape index (κ3) is 3.62. The van der Waals surface area contributed by atoms with Crippen LogP contribution in [0.25, 0.3) is 0 Å². The fourth-order valence-electron chi connectivity index (χ4n) is 2.07. The smallest absolute Gasteiger partial charge is 0.324 e. The van der Waals surface area contributed by atoms with E-state index in [9.17, 15) is 9.59 Å². The van der Waals surface area contributed by atoms with Gasteiger partial charge in [0.15, 0.2) is 16.0 Å². The van der Waals surface area contributed by atoms with Crippen LogP contribution in [-0.2, 0) is 19.1 Å². The lowest BCUT2D eigenvalue weighted by atomic mass is 9.81. The van der Waals surface area contributed by atoms with Gasteiger partial charge in [0.1, 0.15) is 0 Å². The molecule has 1 aliphatic rings. The fourth-order valence-corrected chi connectivity index (χ4v) is 2.86. The minimum atomic E-state index is -1.22. The number of thioether (sulfide) groups is 1. The second-order valence-electron chi connectivity index (χ2n) is 4.43. The van der Waals surface area contributed by atoms with Gasteiger partial charge in [-0.25, -0.2) is 0 Å². The lowest BCUT2D eigenvalue weighted by Gasteiger charge is -2.21. The highest BCUT2D eigenvalue weighted by Gasteiger charge is 2.55. The third-order valence-corrected chi connectivity index (χ3v) is 3.81. The van der Waals surface area contributed by atoms with Crippen molar-refractivity contribution in [1.82, 2.24) is 0 Å². The van der Waals surface area contributed by atoms with Gasteiger partial charge in [0.05, 0.1) is 6.61 Å². The summed E-state index contributed by atoms with van der Waals surface area (Å²) in [5.41, 5.74) is 3.48. The van der Waals surface area contributed by atoms with Gasteiger partial charge in [0.2, 0.25) is 0 Å². The molecule has 1 fully saturated rings. The molecule has 0 unspecified atom stereocenters. The predicted molar refractivity (Wildman–Crippen MR) is 72.6 cm³/mol. The second kappa shape index (κ2) is 6.79. The molecule has 1 aliphatic heterocycles. The highest BCUT2D eigenvalue weighted by Crippen LogP contribution is 2.43. The molecular formula is C12H20N2O4S. The van der Waals surface area contributed by atoms with Crippen LogP contribution in [0.2, 0.25) is 0 Å². The lowest BCUT2D eigenvalue weighted by molar-refractivity contribution is -0.165. The summed E-state index contributed by atoms with van der Waals surface area (Å²) < 4.78 is 10.2. The van der Waals surface area contributed by atoms with Crippen LogP contribution in [-0.4, -0.2) is 29.1 Å². The topological polar surface area (TPSA) is 102 Å². The van der Waals surface area contributed by atoms with Crippen molar-refractivity contribution in [2.24, 2.45) is 11.1 Å². The molecule has 0 aromatic rings. The summed E-state index contributed by atoms with van der Waals surface area (Å²) in [6.45, 7) is 3.92. The molecule has 1 heterocycles. The standard InChI is InChI=1S/C12H20N2O4S/c1-3-5-6-12(9(15)17-4-2)7-8(18-10(12)16)19-11(13)14/h8H,3-7H2,1-2H3,(H3,13,14)/t8-,12-/m1/s1. The predicted octanol–water partition coefficient (Wildman–Crippen LogP) is 1.63. The van der Waals surface area contributed by atoms with Crippen molar-refractivity contribution in [1.29, 1.82) is 5.41 Å². The maximum atomic E-state index is 12.1. The number of carbonyl (C=O) groups excluding carboxylic acids is 2. The highest BCUT2D eigenvalue weighted by atomic mass is 32.2. The number of hydrogen-bond donors (Lipinski definition) is 2. The second-order valence-corrected chi connectivity index (χ2v) is 5.63.